The van der Waals surface area contributed by atoms with Gasteiger partial charge in [-0.2, -0.15) is 0 Å². The van der Waals surface area contributed by atoms with Gasteiger partial charge in [-0.05, 0) is 61.2 Å². The number of nitrogens with one attached hydrogen (secondary N) is 1. The summed E-state index contributed by atoms with van der Waals surface area (Å²) in [7, 11) is 0. The third-order valence-electron chi connectivity index (χ3n) is 3.78. The first kappa shape index (κ1) is 21.4. The van der Waals surface area contributed by atoms with E-state index in [1.165, 1.54) is 18.2 Å². The minimum atomic E-state index is -1.04. The number of carboxylic acids is 1. The highest BCUT2D eigenvalue weighted by molar-refractivity contribution is 9.10. The molecule has 2 aromatic rings. The van der Waals surface area contributed by atoms with Gasteiger partial charge in [-0.25, -0.2) is 14.0 Å². The smallest absolute Gasteiger partial charge is 0.412 e. The van der Waals surface area contributed by atoms with Crippen molar-refractivity contribution in [3.63, 3.8) is 0 Å². The SMILES string of the molecule is O=C(O)/C=C/CCC[C@@H](OC(=O)Nc1ccc(Br)cc1)c1ccc(O)c(F)c1. The molecule has 0 spiro atoms. The van der Waals surface area contributed by atoms with Gasteiger partial charge in [0.1, 0.15) is 6.10 Å². The summed E-state index contributed by atoms with van der Waals surface area (Å²) in [5.41, 5.74) is 0.927. The van der Waals surface area contributed by atoms with E-state index >= 15 is 0 Å². The van der Waals surface area contributed by atoms with E-state index in [-0.39, 0.29) is 0 Å². The lowest BCUT2D eigenvalue weighted by atomic mass is 10.0. The third-order valence-corrected chi connectivity index (χ3v) is 4.31. The first-order valence-electron chi connectivity index (χ1n) is 8.46. The van der Waals surface area contributed by atoms with E-state index in [1.54, 1.807) is 24.3 Å². The van der Waals surface area contributed by atoms with Crippen LogP contribution in [-0.4, -0.2) is 22.3 Å². The van der Waals surface area contributed by atoms with Gasteiger partial charge in [0, 0.05) is 16.2 Å². The molecule has 2 aromatic carbocycles. The molecule has 0 aliphatic heterocycles. The molecule has 1 amide bonds. The largest absolute Gasteiger partial charge is 0.505 e. The molecule has 0 radical (unpaired) electrons. The fourth-order valence-corrected chi connectivity index (χ4v) is 2.70. The first-order chi connectivity index (χ1) is 13.3. The van der Waals surface area contributed by atoms with Gasteiger partial charge in [0.25, 0.3) is 0 Å². The predicted octanol–water partition coefficient (Wildman–Crippen LogP) is 5.39. The van der Waals surface area contributed by atoms with E-state index < -0.39 is 29.7 Å². The van der Waals surface area contributed by atoms with Crippen LogP contribution in [0.3, 0.4) is 0 Å². The lowest BCUT2D eigenvalue weighted by Crippen LogP contribution is -2.17. The van der Waals surface area contributed by atoms with Crippen molar-refractivity contribution in [3.05, 3.63) is 70.5 Å². The second-order valence-electron chi connectivity index (χ2n) is 5.91. The number of carbonyl (C=O) groups is 2. The minimum absolute atomic E-state index is 0.349. The Hall–Kier alpha value is -2.87. The number of unbranched alkanes of at least 4 members (excludes halogenated alkanes) is 1. The van der Waals surface area contributed by atoms with Crippen LogP contribution in [0.5, 0.6) is 5.75 Å². The van der Waals surface area contributed by atoms with Crippen LogP contribution in [-0.2, 0) is 9.53 Å². The molecule has 0 saturated carbocycles. The van der Waals surface area contributed by atoms with Crippen molar-refractivity contribution in [2.45, 2.75) is 25.4 Å². The van der Waals surface area contributed by atoms with Gasteiger partial charge in [-0.1, -0.05) is 28.1 Å². The fourth-order valence-electron chi connectivity index (χ4n) is 2.43. The molecule has 0 unspecified atom stereocenters. The number of hydrogen-bond acceptors (Lipinski definition) is 4. The van der Waals surface area contributed by atoms with Crippen LogP contribution < -0.4 is 5.32 Å². The van der Waals surface area contributed by atoms with Crippen LogP contribution in [0.2, 0.25) is 0 Å². The number of allylic oxidation sites excluding steroid dienone is 1. The molecule has 0 saturated heterocycles. The van der Waals surface area contributed by atoms with E-state index in [0.717, 1.165) is 16.6 Å². The van der Waals surface area contributed by atoms with Crippen molar-refractivity contribution in [3.8, 4) is 5.75 Å². The Labute approximate surface area is 169 Å². The summed E-state index contributed by atoms with van der Waals surface area (Å²) in [4.78, 5) is 22.7. The van der Waals surface area contributed by atoms with Gasteiger partial charge < -0.3 is 14.9 Å². The number of ether oxygens (including phenoxy) is 1. The molecule has 6 nitrogen and oxygen atoms in total. The van der Waals surface area contributed by atoms with Crippen molar-refractivity contribution < 1.29 is 28.9 Å². The van der Waals surface area contributed by atoms with Crippen molar-refractivity contribution in [1.82, 2.24) is 0 Å². The van der Waals surface area contributed by atoms with E-state index in [4.69, 9.17) is 9.84 Å². The second-order valence-corrected chi connectivity index (χ2v) is 6.82. The van der Waals surface area contributed by atoms with Crippen LogP contribution in [0.1, 0.15) is 30.9 Å². The first-order valence-corrected chi connectivity index (χ1v) is 9.25. The number of aromatic hydroxyl groups is 1. The molecule has 0 aliphatic rings. The number of rotatable bonds is 8. The summed E-state index contributed by atoms with van der Waals surface area (Å²) < 4.78 is 20.0. The Kier molecular flexibility index (Phi) is 8.01. The van der Waals surface area contributed by atoms with Gasteiger partial charge in [0.2, 0.25) is 0 Å². The number of amides is 1. The van der Waals surface area contributed by atoms with Crippen molar-refractivity contribution in [1.29, 1.82) is 0 Å². The zero-order chi connectivity index (χ0) is 20.5. The number of anilines is 1. The predicted molar refractivity (Wildman–Crippen MR) is 106 cm³/mol. The van der Waals surface area contributed by atoms with Gasteiger partial charge in [-0.15, -0.1) is 0 Å². The normalized spacial score (nSPS) is 11.9. The summed E-state index contributed by atoms with van der Waals surface area (Å²) in [6.45, 7) is 0. The number of carbonyl (C=O) groups excluding carboxylic acids is 1. The molecule has 0 heterocycles. The number of benzene rings is 2. The van der Waals surface area contributed by atoms with Gasteiger partial charge >= 0.3 is 12.1 Å². The average molecular weight is 452 g/mol. The summed E-state index contributed by atoms with van der Waals surface area (Å²) in [5.74, 6) is -2.35. The van der Waals surface area contributed by atoms with Crippen molar-refractivity contribution in [2.24, 2.45) is 0 Å². The number of phenolic OH excluding ortho intramolecular Hbond substituents is 1. The maximum Gasteiger partial charge on any atom is 0.412 e. The van der Waals surface area contributed by atoms with Gasteiger partial charge in [-0.3, -0.25) is 5.32 Å². The Bertz CT molecular complexity index is 854. The Morgan fingerprint density at radius 2 is 1.93 bits per heavy atom. The zero-order valence-corrected chi connectivity index (χ0v) is 16.4. The Balaban J connectivity index is 2.05. The topological polar surface area (TPSA) is 95.9 Å². The van der Waals surface area contributed by atoms with E-state index in [0.29, 0.717) is 30.5 Å². The maximum absolute atomic E-state index is 13.7. The van der Waals surface area contributed by atoms with Gasteiger partial charge in [0.15, 0.2) is 11.6 Å². The monoisotopic (exact) mass is 451 g/mol. The van der Waals surface area contributed by atoms with Gasteiger partial charge in [0.05, 0.1) is 0 Å². The minimum Gasteiger partial charge on any atom is -0.505 e. The molecule has 28 heavy (non-hydrogen) atoms. The van der Waals surface area contributed by atoms with Crippen LogP contribution >= 0.6 is 15.9 Å². The molecular weight excluding hydrogens is 433 g/mol. The fraction of sp³-hybridized carbons (Fsp3) is 0.200. The summed E-state index contributed by atoms with van der Waals surface area (Å²) in [6, 6.07) is 10.7. The van der Waals surface area contributed by atoms with Crippen molar-refractivity contribution in [2.75, 3.05) is 5.32 Å². The number of halogens is 2. The molecule has 0 fully saturated rings. The van der Waals surface area contributed by atoms with E-state index in [1.807, 2.05) is 0 Å². The molecular formula is C20H19BrFNO5. The van der Waals surface area contributed by atoms with E-state index in [9.17, 15) is 19.1 Å². The molecule has 8 heteroatoms. The highest BCUT2D eigenvalue weighted by atomic mass is 79.9. The van der Waals surface area contributed by atoms with E-state index in [2.05, 4.69) is 21.2 Å². The quantitative estimate of drug-likeness (QED) is 0.369. The zero-order valence-electron chi connectivity index (χ0n) is 14.8. The van der Waals surface area contributed by atoms with Crippen LogP contribution in [0.4, 0.5) is 14.9 Å². The highest BCUT2D eigenvalue weighted by Gasteiger charge is 2.18. The molecule has 2 rings (SSSR count). The average Bonchev–Trinajstić information content (AvgIpc) is 2.64. The molecule has 3 N–H and O–H groups in total. The number of aliphatic carboxylic acids is 1. The van der Waals surface area contributed by atoms with Crippen molar-refractivity contribution >= 4 is 33.7 Å². The lowest BCUT2D eigenvalue weighted by molar-refractivity contribution is -0.131. The van der Waals surface area contributed by atoms with Crippen LogP contribution in [0.25, 0.3) is 0 Å². The Morgan fingerprint density at radius 3 is 2.57 bits per heavy atom. The number of hydrogen-bond donors (Lipinski definition) is 3. The standard InChI is InChI=1S/C20H19BrFNO5/c21-14-7-9-15(10-8-14)23-20(27)28-18(4-2-1-3-5-19(25)26)13-6-11-17(24)16(22)12-13/h3,5-12,18,24H,1-2,4H2,(H,23,27)(H,25,26)/b5-3+/t18-/m1/s1. The highest BCUT2D eigenvalue weighted by Crippen LogP contribution is 2.28. The molecule has 0 aromatic heterocycles. The number of phenols is 1. The summed E-state index contributed by atoms with van der Waals surface area (Å²) in [6.07, 6.45) is 2.39. The summed E-state index contributed by atoms with van der Waals surface area (Å²) >= 11 is 3.30. The molecule has 0 aliphatic carbocycles. The molecule has 148 valence electrons. The lowest BCUT2D eigenvalue weighted by Gasteiger charge is -2.19. The number of carboxylic acid groups (broad SMARTS) is 1. The second kappa shape index (κ2) is 10.5. The van der Waals surface area contributed by atoms with Crippen LogP contribution in [0.15, 0.2) is 59.1 Å². The molecule has 0 bridgehead atoms. The summed E-state index contributed by atoms with van der Waals surface area (Å²) in [5, 5.41) is 20.6. The Morgan fingerprint density at radius 1 is 1.21 bits per heavy atom. The van der Waals surface area contributed by atoms with Crippen LogP contribution in [0, 0.1) is 5.82 Å². The third kappa shape index (κ3) is 7.03. The molecule has 1 atom stereocenters. The maximum atomic E-state index is 13.7.